The van der Waals surface area contributed by atoms with Gasteiger partial charge in [-0.05, 0) is 25.7 Å². The lowest BCUT2D eigenvalue weighted by Crippen LogP contribution is -2.45. The molecule has 6 nitrogen and oxygen atoms in total. The average molecular weight is 345 g/mol. The summed E-state index contributed by atoms with van der Waals surface area (Å²) in [6.45, 7) is 1.12. The lowest BCUT2D eigenvalue weighted by atomic mass is 10.1. The van der Waals surface area contributed by atoms with Crippen LogP contribution in [0.4, 0.5) is 5.82 Å². The summed E-state index contributed by atoms with van der Waals surface area (Å²) in [5.74, 6) is 2.13. The van der Waals surface area contributed by atoms with Gasteiger partial charge in [-0.3, -0.25) is 0 Å². The van der Waals surface area contributed by atoms with E-state index in [9.17, 15) is 8.42 Å². The lowest BCUT2D eigenvalue weighted by Gasteiger charge is -2.36. The van der Waals surface area contributed by atoms with Crippen molar-refractivity contribution < 1.29 is 8.42 Å². The van der Waals surface area contributed by atoms with Crippen molar-refractivity contribution in [3.63, 3.8) is 0 Å². The molecule has 0 aromatic carbocycles. The molecule has 1 aliphatic heterocycles. The Balaban J connectivity index is 1.71. The van der Waals surface area contributed by atoms with Crippen LogP contribution in [0.15, 0.2) is 6.07 Å². The highest BCUT2D eigenvalue weighted by Gasteiger charge is 2.30. The molecule has 0 atom stereocenters. The number of aromatic nitrogens is 2. The quantitative estimate of drug-likeness (QED) is 0.780. The van der Waals surface area contributed by atoms with E-state index in [2.05, 4.69) is 14.9 Å². The SMILES string of the molecule is CN(c1cc(Cl)nc(C2CC2)n1)C1CCN(S(C)(=O)=O)CC1. The first-order valence-corrected chi connectivity index (χ1v) is 9.79. The van der Waals surface area contributed by atoms with Crippen molar-refractivity contribution in [2.24, 2.45) is 0 Å². The fourth-order valence-electron chi connectivity index (χ4n) is 2.88. The highest BCUT2D eigenvalue weighted by molar-refractivity contribution is 7.88. The number of hydrogen-bond acceptors (Lipinski definition) is 5. The second kappa shape index (κ2) is 5.94. The summed E-state index contributed by atoms with van der Waals surface area (Å²) in [5.41, 5.74) is 0. The van der Waals surface area contributed by atoms with Crippen LogP contribution in [0.2, 0.25) is 5.15 Å². The molecule has 1 saturated carbocycles. The first-order chi connectivity index (χ1) is 10.3. The predicted octanol–water partition coefficient (Wildman–Crippen LogP) is 1.87. The van der Waals surface area contributed by atoms with Gasteiger partial charge in [-0.25, -0.2) is 22.7 Å². The van der Waals surface area contributed by atoms with Crippen LogP contribution in [-0.4, -0.2) is 55.1 Å². The lowest BCUT2D eigenvalue weighted by molar-refractivity contribution is 0.316. The third kappa shape index (κ3) is 3.52. The molecule has 0 radical (unpaired) electrons. The van der Waals surface area contributed by atoms with Crippen LogP contribution in [0.25, 0.3) is 0 Å². The monoisotopic (exact) mass is 344 g/mol. The van der Waals surface area contributed by atoms with E-state index in [1.54, 1.807) is 10.4 Å². The zero-order valence-corrected chi connectivity index (χ0v) is 14.4. The second-order valence-corrected chi connectivity index (χ2v) is 8.56. The Bertz CT molecular complexity index is 655. The molecule has 3 rings (SSSR count). The minimum absolute atomic E-state index is 0.274. The first kappa shape index (κ1) is 16.0. The van der Waals surface area contributed by atoms with Crippen LogP contribution < -0.4 is 4.90 Å². The van der Waals surface area contributed by atoms with Gasteiger partial charge in [-0.1, -0.05) is 11.6 Å². The zero-order valence-electron chi connectivity index (χ0n) is 12.9. The van der Waals surface area contributed by atoms with Gasteiger partial charge in [0.1, 0.15) is 16.8 Å². The molecule has 1 aromatic rings. The summed E-state index contributed by atoms with van der Waals surface area (Å²) in [6, 6.07) is 2.06. The molecule has 0 bridgehead atoms. The van der Waals surface area contributed by atoms with Gasteiger partial charge in [0, 0.05) is 38.2 Å². The summed E-state index contributed by atoms with van der Waals surface area (Å²) >= 11 is 6.12. The largest absolute Gasteiger partial charge is 0.356 e. The van der Waals surface area contributed by atoms with E-state index in [0.29, 0.717) is 24.2 Å². The number of rotatable bonds is 4. The molecular weight excluding hydrogens is 324 g/mol. The average Bonchev–Trinajstić information content (AvgIpc) is 3.29. The van der Waals surface area contributed by atoms with Gasteiger partial charge >= 0.3 is 0 Å². The highest BCUT2D eigenvalue weighted by Crippen LogP contribution is 2.39. The standard InChI is InChI=1S/C14H21ClN4O2S/c1-18(11-5-7-19(8-6-11)22(2,20)21)13-9-12(15)16-14(17-13)10-3-4-10/h9-11H,3-8H2,1-2H3. The van der Waals surface area contributed by atoms with Crippen molar-refractivity contribution in [2.45, 2.75) is 37.6 Å². The number of halogens is 1. The normalized spacial score (nSPS) is 21.0. The third-order valence-electron chi connectivity index (χ3n) is 4.44. The molecule has 8 heteroatoms. The number of nitrogens with zero attached hydrogens (tertiary/aromatic N) is 4. The van der Waals surface area contributed by atoms with E-state index in [0.717, 1.165) is 37.3 Å². The maximum absolute atomic E-state index is 11.6. The van der Waals surface area contributed by atoms with Gasteiger partial charge in [0.15, 0.2) is 0 Å². The van der Waals surface area contributed by atoms with Crippen LogP contribution in [-0.2, 0) is 10.0 Å². The topological polar surface area (TPSA) is 66.4 Å². The van der Waals surface area contributed by atoms with Gasteiger partial charge in [-0.15, -0.1) is 0 Å². The van der Waals surface area contributed by atoms with Gasteiger partial charge in [0.05, 0.1) is 6.26 Å². The Morgan fingerprint density at radius 1 is 1.23 bits per heavy atom. The number of sulfonamides is 1. The zero-order chi connectivity index (χ0) is 15.9. The predicted molar refractivity (Wildman–Crippen MR) is 86.9 cm³/mol. The Hall–Kier alpha value is -0.920. The summed E-state index contributed by atoms with van der Waals surface area (Å²) in [7, 11) is -1.09. The molecule has 1 aliphatic carbocycles. The molecular formula is C14H21ClN4O2S. The number of hydrogen-bond donors (Lipinski definition) is 0. The van der Waals surface area contributed by atoms with E-state index in [-0.39, 0.29) is 6.04 Å². The summed E-state index contributed by atoms with van der Waals surface area (Å²) in [4.78, 5) is 11.1. The molecule has 2 fully saturated rings. The van der Waals surface area contributed by atoms with E-state index >= 15 is 0 Å². The van der Waals surface area contributed by atoms with Crippen LogP contribution in [0.3, 0.4) is 0 Å². The van der Waals surface area contributed by atoms with Crippen molar-refractivity contribution >= 4 is 27.4 Å². The van der Waals surface area contributed by atoms with E-state index < -0.39 is 10.0 Å². The van der Waals surface area contributed by atoms with Crippen molar-refractivity contribution in [1.82, 2.24) is 14.3 Å². The smallest absolute Gasteiger partial charge is 0.211 e. The molecule has 0 spiro atoms. The molecule has 1 saturated heterocycles. The van der Waals surface area contributed by atoms with Gasteiger partial charge in [0.25, 0.3) is 0 Å². The van der Waals surface area contributed by atoms with Crippen molar-refractivity contribution in [3.8, 4) is 0 Å². The molecule has 22 heavy (non-hydrogen) atoms. The van der Waals surface area contributed by atoms with E-state index in [1.165, 1.54) is 6.26 Å². The van der Waals surface area contributed by atoms with Crippen LogP contribution in [0, 0.1) is 0 Å². The Labute approximate surface area is 136 Å². The van der Waals surface area contributed by atoms with Gasteiger partial charge in [0.2, 0.25) is 10.0 Å². The van der Waals surface area contributed by atoms with Crippen molar-refractivity contribution in [2.75, 3.05) is 31.3 Å². The molecule has 2 aliphatic rings. The minimum Gasteiger partial charge on any atom is -0.356 e. The number of anilines is 1. The van der Waals surface area contributed by atoms with Crippen LogP contribution in [0.5, 0.6) is 0 Å². The van der Waals surface area contributed by atoms with E-state index in [4.69, 9.17) is 11.6 Å². The Kier molecular flexibility index (Phi) is 4.31. The maximum atomic E-state index is 11.6. The summed E-state index contributed by atoms with van der Waals surface area (Å²) < 4.78 is 24.7. The Morgan fingerprint density at radius 2 is 1.86 bits per heavy atom. The Morgan fingerprint density at radius 3 is 2.41 bits per heavy atom. The summed E-state index contributed by atoms with van der Waals surface area (Å²) in [5, 5.41) is 0.479. The highest BCUT2D eigenvalue weighted by atomic mass is 35.5. The molecule has 2 heterocycles. The number of piperidine rings is 1. The van der Waals surface area contributed by atoms with E-state index in [1.807, 2.05) is 7.05 Å². The maximum Gasteiger partial charge on any atom is 0.211 e. The molecule has 0 amide bonds. The molecule has 0 unspecified atom stereocenters. The van der Waals surface area contributed by atoms with Gasteiger partial charge < -0.3 is 4.90 Å². The summed E-state index contributed by atoms with van der Waals surface area (Å²) in [6.07, 6.45) is 5.13. The van der Waals surface area contributed by atoms with Gasteiger partial charge in [-0.2, -0.15) is 0 Å². The van der Waals surface area contributed by atoms with Crippen molar-refractivity contribution in [3.05, 3.63) is 17.0 Å². The van der Waals surface area contributed by atoms with Crippen LogP contribution in [0.1, 0.15) is 37.4 Å². The first-order valence-electron chi connectivity index (χ1n) is 7.57. The minimum atomic E-state index is -3.09. The molecule has 1 aromatic heterocycles. The fraction of sp³-hybridized carbons (Fsp3) is 0.714. The second-order valence-electron chi connectivity index (χ2n) is 6.19. The van der Waals surface area contributed by atoms with Crippen LogP contribution >= 0.6 is 11.6 Å². The molecule has 122 valence electrons. The third-order valence-corrected chi connectivity index (χ3v) is 5.94. The van der Waals surface area contributed by atoms with Crippen molar-refractivity contribution in [1.29, 1.82) is 0 Å². The fourth-order valence-corrected chi connectivity index (χ4v) is 3.93. The molecule has 0 N–H and O–H groups in total.